The van der Waals surface area contributed by atoms with Crippen molar-refractivity contribution in [2.45, 2.75) is 6.92 Å². The number of carbonyl (C=O) groups is 1. The molecule has 0 aliphatic rings. The van der Waals surface area contributed by atoms with E-state index < -0.39 is 0 Å². The van der Waals surface area contributed by atoms with Gasteiger partial charge in [-0.15, -0.1) is 0 Å². The monoisotopic (exact) mass is 392 g/mol. The molecule has 3 aromatic rings. The van der Waals surface area contributed by atoms with Crippen molar-refractivity contribution in [1.29, 1.82) is 0 Å². The van der Waals surface area contributed by atoms with Crippen LogP contribution in [0.3, 0.4) is 0 Å². The average molecular weight is 393 g/mol. The molecule has 3 aromatic carbocycles. The van der Waals surface area contributed by atoms with E-state index in [0.29, 0.717) is 16.3 Å². The topological polar surface area (TPSA) is 35.5 Å². The molecule has 0 aromatic heterocycles. The van der Waals surface area contributed by atoms with Crippen LogP contribution in [0.2, 0.25) is 5.02 Å². The Morgan fingerprint density at radius 3 is 2.37 bits per heavy atom. The van der Waals surface area contributed by atoms with Crippen molar-refractivity contribution in [2.75, 3.05) is 7.11 Å². The summed E-state index contributed by atoms with van der Waals surface area (Å²) in [5.41, 5.74) is 1.38. The number of carbonyl (C=O) groups excluding carboxylic acids is 1. The average Bonchev–Trinajstić information content (AvgIpc) is 2.64. The molecule has 0 fully saturated rings. The van der Waals surface area contributed by atoms with E-state index in [4.69, 9.17) is 21.1 Å². The van der Waals surface area contributed by atoms with Gasteiger partial charge in [0, 0.05) is 0 Å². The van der Waals surface area contributed by atoms with Gasteiger partial charge in [0.05, 0.1) is 17.7 Å². The zero-order valence-corrected chi connectivity index (χ0v) is 16.2. The van der Waals surface area contributed by atoms with E-state index in [1.807, 2.05) is 55.5 Å². The Bertz CT molecular complexity index is 932. The molecule has 0 aliphatic heterocycles. The molecule has 0 saturated carbocycles. The summed E-state index contributed by atoms with van der Waals surface area (Å²) in [5.74, 6) is 2.01. The molecule has 0 N–H and O–H groups in total. The summed E-state index contributed by atoms with van der Waals surface area (Å²) in [4.78, 5) is 12.8. The Balaban J connectivity index is 0.00000261. The van der Waals surface area contributed by atoms with Crippen molar-refractivity contribution in [3.05, 3.63) is 82.9 Å². The molecule has 0 saturated heterocycles. The third-order valence-electron chi connectivity index (χ3n) is 3.85. The van der Waals surface area contributed by atoms with Gasteiger partial charge in [-0.25, -0.2) is 0 Å². The molecule has 134 valence electrons. The molecule has 1 atom stereocenters. The van der Waals surface area contributed by atoms with E-state index in [2.05, 4.69) is 0 Å². The van der Waals surface area contributed by atoms with Crippen LogP contribution in [0.15, 0.2) is 66.7 Å². The van der Waals surface area contributed by atoms with Gasteiger partial charge in [-0.3, -0.25) is 4.79 Å². The number of hydrogen-bond acceptors (Lipinski definition) is 3. The summed E-state index contributed by atoms with van der Waals surface area (Å²) in [5, 5.41) is 1.36. The molecule has 0 spiro atoms. The third-order valence-corrected chi connectivity index (χ3v) is 5.47. The van der Waals surface area contributed by atoms with Crippen LogP contribution in [-0.2, 0) is 0 Å². The number of para-hydroxylation sites is 1. The zero-order valence-electron chi connectivity index (χ0n) is 14.5. The van der Waals surface area contributed by atoms with Crippen molar-refractivity contribution in [2.24, 2.45) is 0 Å². The van der Waals surface area contributed by atoms with Crippen LogP contribution in [0.5, 0.6) is 17.2 Å². The predicted molar refractivity (Wildman–Crippen MR) is 115 cm³/mol. The van der Waals surface area contributed by atoms with Crippen molar-refractivity contribution in [3.8, 4) is 17.2 Å². The first-order valence-corrected chi connectivity index (χ1v) is 9.43. The summed E-state index contributed by atoms with van der Waals surface area (Å²) in [6, 6.07) is 20.5. The molecule has 27 heavy (non-hydrogen) atoms. The molecule has 1 unspecified atom stereocenters. The number of ether oxygens (including phenoxy) is 2. The van der Waals surface area contributed by atoms with Gasteiger partial charge in [-0.05, 0) is 62.8 Å². The van der Waals surface area contributed by atoms with Crippen LogP contribution < -0.4 is 14.8 Å². The van der Waals surface area contributed by atoms with Gasteiger partial charge >= 0.3 is 18.9 Å². The number of hydrogen-bond donors (Lipinski definition) is 0. The second-order valence-electron chi connectivity index (χ2n) is 5.66. The van der Waals surface area contributed by atoms with Crippen LogP contribution >= 0.6 is 20.2 Å². The van der Waals surface area contributed by atoms with Gasteiger partial charge in [-0.2, -0.15) is 0 Å². The SMILES string of the molecule is COc1cccc(Cl)c1C(=O)Pc1ccc(Oc2ccccc2)cc1C.[LiH]. The summed E-state index contributed by atoms with van der Waals surface area (Å²) in [7, 11) is 1.49. The summed E-state index contributed by atoms with van der Waals surface area (Å²) in [6.45, 7) is 1.97. The van der Waals surface area contributed by atoms with Crippen LogP contribution in [0.4, 0.5) is 0 Å². The molecule has 0 heterocycles. The van der Waals surface area contributed by atoms with Crippen LogP contribution in [0.1, 0.15) is 15.9 Å². The number of benzene rings is 3. The van der Waals surface area contributed by atoms with Crippen molar-refractivity contribution < 1.29 is 14.3 Å². The predicted octanol–water partition coefficient (Wildman–Crippen LogP) is 4.95. The van der Waals surface area contributed by atoms with Crippen LogP contribution in [-0.4, -0.2) is 31.5 Å². The van der Waals surface area contributed by atoms with Gasteiger partial charge in [-0.1, -0.05) is 41.9 Å². The molecule has 0 radical (unpaired) electrons. The molecule has 0 bridgehead atoms. The first-order valence-electron chi connectivity index (χ1n) is 8.06. The summed E-state index contributed by atoms with van der Waals surface area (Å²) >= 11 is 6.21. The Kier molecular flexibility index (Phi) is 7.96. The zero-order chi connectivity index (χ0) is 18.5. The van der Waals surface area contributed by atoms with Gasteiger partial charge in [0.25, 0.3) is 0 Å². The normalized spacial score (nSPS) is 10.5. The van der Waals surface area contributed by atoms with E-state index in [1.54, 1.807) is 18.2 Å². The molecule has 3 rings (SSSR count). The Labute approximate surface area is 178 Å². The van der Waals surface area contributed by atoms with Gasteiger partial charge in [0.1, 0.15) is 17.2 Å². The van der Waals surface area contributed by atoms with Crippen molar-refractivity contribution >= 4 is 49.9 Å². The standard InChI is InChI=1S/C21H18ClO3P.Li.H/c1-14-13-16(25-15-7-4-3-5-8-15)11-12-19(14)26-21(23)20-17(22)9-6-10-18(20)24-2;;/h3-13,26H,1-2H3;;. The first-order chi connectivity index (χ1) is 12.6. The fraction of sp³-hybridized carbons (Fsp3) is 0.0952. The van der Waals surface area contributed by atoms with E-state index >= 15 is 0 Å². The van der Waals surface area contributed by atoms with E-state index in [9.17, 15) is 4.79 Å². The molecule has 3 nitrogen and oxygen atoms in total. The minimum absolute atomic E-state index is 0. The molecular weight excluding hydrogens is 374 g/mol. The first kappa shape index (κ1) is 21.5. The van der Waals surface area contributed by atoms with Crippen LogP contribution in [0.25, 0.3) is 0 Å². The van der Waals surface area contributed by atoms with Gasteiger partial charge < -0.3 is 9.47 Å². The third kappa shape index (κ3) is 5.38. The Morgan fingerprint density at radius 2 is 1.70 bits per heavy atom. The number of methoxy groups -OCH3 is 1. The molecule has 0 aliphatic carbocycles. The maximum absolute atomic E-state index is 12.8. The molecule has 0 amide bonds. The Morgan fingerprint density at radius 1 is 0.963 bits per heavy atom. The van der Waals surface area contributed by atoms with Gasteiger partial charge in [0.15, 0.2) is 5.52 Å². The van der Waals surface area contributed by atoms with Crippen molar-refractivity contribution in [1.82, 2.24) is 0 Å². The Hall–Kier alpha value is -1.75. The second-order valence-corrected chi connectivity index (χ2v) is 7.31. The molecule has 6 heteroatoms. The van der Waals surface area contributed by atoms with Crippen LogP contribution in [0, 0.1) is 6.92 Å². The fourth-order valence-corrected chi connectivity index (χ4v) is 3.94. The number of aryl methyl sites for hydroxylation is 1. The summed E-state index contributed by atoms with van der Waals surface area (Å²) in [6.07, 6.45) is 0. The molecular formula is C21H19ClLiO3P. The minimum atomic E-state index is -0.0488. The second kappa shape index (κ2) is 9.97. The van der Waals surface area contributed by atoms with E-state index in [0.717, 1.165) is 22.4 Å². The van der Waals surface area contributed by atoms with E-state index in [1.165, 1.54) is 7.11 Å². The quantitative estimate of drug-likeness (QED) is 0.440. The number of halogens is 1. The number of rotatable bonds is 6. The van der Waals surface area contributed by atoms with Gasteiger partial charge in [0.2, 0.25) is 0 Å². The summed E-state index contributed by atoms with van der Waals surface area (Å²) < 4.78 is 11.1. The van der Waals surface area contributed by atoms with E-state index in [-0.39, 0.29) is 33.0 Å². The van der Waals surface area contributed by atoms with Crippen molar-refractivity contribution in [3.63, 3.8) is 0 Å². The maximum atomic E-state index is 12.8. The fourth-order valence-electron chi connectivity index (χ4n) is 2.54.